The largest absolute Gasteiger partial charge is 0.423 e. The van der Waals surface area contributed by atoms with Crippen molar-refractivity contribution in [1.82, 2.24) is 4.98 Å². The second-order valence-corrected chi connectivity index (χ2v) is 4.43. The van der Waals surface area contributed by atoms with Crippen LogP contribution in [-0.2, 0) is 5.60 Å². The first-order chi connectivity index (χ1) is 6.16. The van der Waals surface area contributed by atoms with E-state index in [0.717, 1.165) is 11.3 Å². The first-order valence-electron chi connectivity index (χ1n) is 3.90. The molecule has 1 rings (SSSR count). The fourth-order valence-corrected chi connectivity index (χ4v) is 1.78. The molecule has 14 heavy (non-hydrogen) atoms. The Labute approximate surface area is 83.4 Å². The van der Waals surface area contributed by atoms with Crippen LogP contribution in [0.5, 0.6) is 0 Å². The van der Waals surface area contributed by atoms with E-state index < -0.39 is 11.8 Å². The quantitative estimate of drug-likeness (QED) is 0.796. The first-order valence-corrected chi connectivity index (χ1v) is 4.71. The summed E-state index contributed by atoms with van der Waals surface area (Å²) in [6, 6.07) is 0. The summed E-state index contributed by atoms with van der Waals surface area (Å²) in [5.41, 5.74) is -2.33. The number of rotatable bonds is 1. The Morgan fingerprint density at radius 2 is 1.79 bits per heavy atom. The van der Waals surface area contributed by atoms with Gasteiger partial charge in [0.15, 0.2) is 0 Å². The second kappa shape index (κ2) is 3.20. The zero-order chi connectivity index (χ0) is 11.1. The number of nitrogens with zero attached hydrogens (tertiary/aromatic N) is 1. The predicted molar refractivity (Wildman–Crippen MR) is 47.2 cm³/mol. The Morgan fingerprint density at radius 1 is 1.29 bits per heavy atom. The minimum Gasteiger partial charge on any atom is -0.375 e. The third-order valence-corrected chi connectivity index (χ3v) is 3.28. The van der Waals surface area contributed by atoms with E-state index in [2.05, 4.69) is 4.98 Å². The summed E-state index contributed by atoms with van der Waals surface area (Å²) in [6.45, 7) is 4.00. The van der Waals surface area contributed by atoms with E-state index in [1.165, 1.54) is 0 Å². The SMILES string of the molecule is Cc1nc(C(C)(O)C(F)(F)F)sc1C. The van der Waals surface area contributed by atoms with Gasteiger partial charge in [0.05, 0.1) is 5.69 Å². The average molecular weight is 225 g/mol. The highest BCUT2D eigenvalue weighted by Gasteiger charge is 2.53. The molecule has 0 saturated carbocycles. The van der Waals surface area contributed by atoms with Gasteiger partial charge < -0.3 is 5.11 Å². The molecule has 0 fully saturated rings. The summed E-state index contributed by atoms with van der Waals surface area (Å²) in [6.07, 6.45) is -4.69. The molecule has 0 radical (unpaired) electrons. The molecule has 80 valence electrons. The topological polar surface area (TPSA) is 33.1 Å². The van der Waals surface area contributed by atoms with Gasteiger partial charge in [-0.25, -0.2) is 4.98 Å². The highest BCUT2D eigenvalue weighted by atomic mass is 32.1. The lowest BCUT2D eigenvalue weighted by molar-refractivity contribution is -0.258. The second-order valence-electron chi connectivity index (χ2n) is 3.23. The lowest BCUT2D eigenvalue weighted by atomic mass is 10.1. The lowest BCUT2D eigenvalue weighted by Gasteiger charge is -2.23. The highest BCUT2D eigenvalue weighted by Crippen LogP contribution is 2.40. The summed E-state index contributed by atoms with van der Waals surface area (Å²) in [5, 5.41) is 8.98. The number of hydrogen-bond acceptors (Lipinski definition) is 3. The van der Waals surface area contributed by atoms with E-state index in [9.17, 15) is 18.3 Å². The third kappa shape index (κ3) is 1.76. The number of hydrogen-bond donors (Lipinski definition) is 1. The molecule has 0 bridgehead atoms. The molecule has 0 spiro atoms. The average Bonchev–Trinajstić information content (AvgIpc) is 2.30. The van der Waals surface area contributed by atoms with Gasteiger partial charge in [0.2, 0.25) is 5.60 Å². The van der Waals surface area contributed by atoms with Crippen LogP contribution < -0.4 is 0 Å². The van der Waals surface area contributed by atoms with Gasteiger partial charge in [-0.2, -0.15) is 13.2 Å². The van der Waals surface area contributed by atoms with Gasteiger partial charge in [-0.15, -0.1) is 11.3 Å². The molecular weight excluding hydrogens is 215 g/mol. The Hall–Kier alpha value is -0.620. The standard InChI is InChI=1S/C8H10F3NOS/c1-4-5(2)14-6(12-4)7(3,13)8(9,10)11/h13H,1-3H3. The highest BCUT2D eigenvalue weighted by molar-refractivity contribution is 7.11. The van der Waals surface area contributed by atoms with Gasteiger partial charge in [-0.1, -0.05) is 0 Å². The van der Waals surface area contributed by atoms with Crippen molar-refractivity contribution in [3.63, 3.8) is 0 Å². The molecule has 1 atom stereocenters. The Morgan fingerprint density at radius 3 is 2.07 bits per heavy atom. The molecule has 1 aromatic heterocycles. The molecule has 6 heteroatoms. The van der Waals surface area contributed by atoms with E-state index in [4.69, 9.17) is 0 Å². The van der Waals surface area contributed by atoms with Crippen LogP contribution >= 0.6 is 11.3 Å². The van der Waals surface area contributed by atoms with Crippen LogP contribution in [0.1, 0.15) is 22.5 Å². The van der Waals surface area contributed by atoms with Crippen molar-refractivity contribution in [3.05, 3.63) is 15.6 Å². The predicted octanol–water partition coefficient (Wildman–Crippen LogP) is 2.53. The summed E-state index contributed by atoms with van der Waals surface area (Å²) in [4.78, 5) is 4.38. The molecule has 0 saturated heterocycles. The summed E-state index contributed by atoms with van der Waals surface area (Å²) in [5.74, 6) is 0. The minimum absolute atomic E-state index is 0.306. The number of aromatic nitrogens is 1. The fraction of sp³-hybridized carbons (Fsp3) is 0.625. The van der Waals surface area contributed by atoms with Crippen LogP contribution in [0.25, 0.3) is 0 Å². The van der Waals surface area contributed by atoms with Crippen LogP contribution in [0.3, 0.4) is 0 Å². The van der Waals surface area contributed by atoms with Gasteiger partial charge in [-0.05, 0) is 20.8 Å². The van der Waals surface area contributed by atoms with E-state index in [1.54, 1.807) is 13.8 Å². The molecule has 0 aliphatic rings. The molecule has 0 aliphatic heterocycles. The number of halogens is 3. The van der Waals surface area contributed by atoms with Crippen LogP contribution in [0, 0.1) is 13.8 Å². The zero-order valence-corrected chi connectivity index (χ0v) is 8.75. The van der Waals surface area contributed by atoms with Gasteiger partial charge in [0, 0.05) is 4.88 Å². The third-order valence-electron chi connectivity index (χ3n) is 2.00. The van der Waals surface area contributed by atoms with Crippen molar-refractivity contribution in [3.8, 4) is 0 Å². The van der Waals surface area contributed by atoms with Gasteiger partial charge >= 0.3 is 6.18 Å². The summed E-state index contributed by atoms with van der Waals surface area (Å²) >= 11 is 0.867. The van der Waals surface area contributed by atoms with Crippen molar-refractivity contribution < 1.29 is 18.3 Å². The maximum Gasteiger partial charge on any atom is 0.423 e. The number of alkyl halides is 3. The van der Waals surface area contributed by atoms with E-state index in [1.807, 2.05) is 0 Å². The molecule has 1 aromatic rings. The van der Waals surface area contributed by atoms with Crippen molar-refractivity contribution in [1.29, 1.82) is 0 Å². The molecule has 1 unspecified atom stereocenters. The fourth-order valence-electron chi connectivity index (χ4n) is 0.802. The van der Waals surface area contributed by atoms with Crippen molar-refractivity contribution in [2.24, 2.45) is 0 Å². The van der Waals surface area contributed by atoms with Gasteiger partial charge in [-0.3, -0.25) is 0 Å². The van der Waals surface area contributed by atoms with Crippen molar-refractivity contribution >= 4 is 11.3 Å². The van der Waals surface area contributed by atoms with Gasteiger partial charge in [0.1, 0.15) is 5.01 Å². The Kier molecular flexibility index (Phi) is 2.62. The van der Waals surface area contributed by atoms with Gasteiger partial charge in [0.25, 0.3) is 0 Å². The van der Waals surface area contributed by atoms with Crippen LogP contribution in [0.15, 0.2) is 0 Å². The molecule has 2 nitrogen and oxygen atoms in total. The monoisotopic (exact) mass is 225 g/mol. The normalized spacial score (nSPS) is 16.8. The van der Waals surface area contributed by atoms with Crippen LogP contribution in [0.4, 0.5) is 13.2 Å². The number of aryl methyl sites for hydroxylation is 2. The molecule has 0 aliphatic carbocycles. The molecule has 0 aromatic carbocycles. The Balaban J connectivity index is 3.16. The zero-order valence-electron chi connectivity index (χ0n) is 7.94. The molecular formula is C8H10F3NOS. The van der Waals surface area contributed by atoms with Crippen molar-refractivity contribution in [2.75, 3.05) is 0 Å². The Bertz CT molecular complexity index is 323. The summed E-state index contributed by atoms with van der Waals surface area (Å²) < 4.78 is 37.1. The lowest BCUT2D eigenvalue weighted by Crippen LogP contribution is -2.39. The first kappa shape index (κ1) is 11.5. The maximum atomic E-state index is 12.4. The number of aliphatic hydroxyl groups is 1. The summed E-state index contributed by atoms with van der Waals surface area (Å²) in [7, 11) is 0. The van der Waals surface area contributed by atoms with Crippen molar-refractivity contribution in [2.45, 2.75) is 32.5 Å². The van der Waals surface area contributed by atoms with E-state index in [-0.39, 0.29) is 5.01 Å². The smallest absolute Gasteiger partial charge is 0.375 e. The molecule has 1 N–H and O–H groups in total. The minimum atomic E-state index is -4.69. The maximum absolute atomic E-state index is 12.4. The van der Waals surface area contributed by atoms with E-state index >= 15 is 0 Å². The van der Waals surface area contributed by atoms with Crippen LogP contribution in [-0.4, -0.2) is 16.3 Å². The number of thiazole rings is 1. The van der Waals surface area contributed by atoms with Crippen LogP contribution in [0.2, 0.25) is 0 Å². The van der Waals surface area contributed by atoms with E-state index in [0.29, 0.717) is 17.5 Å². The molecule has 1 heterocycles. The molecule has 0 amide bonds.